The summed E-state index contributed by atoms with van der Waals surface area (Å²) in [6.45, 7) is 0.245. The van der Waals surface area contributed by atoms with Gasteiger partial charge in [0.15, 0.2) is 0 Å². The van der Waals surface area contributed by atoms with Crippen LogP contribution in [0, 0.1) is 5.82 Å². The first-order valence-electron chi connectivity index (χ1n) is 7.27. The summed E-state index contributed by atoms with van der Waals surface area (Å²) < 4.78 is 13.0. The monoisotopic (exact) mass is 363 g/mol. The molecule has 0 saturated heterocycles. The van der Waals surface area contributed by atoms with Crippen LogP contribution in [0.2, 0.25) is 5.02 Å². The summed E-state index contributed by atoms with van der Waals surface area (Å²) in [5, 5.41) is 18.5. The van der Waals surface area contributed by atoms with Gasteiger partial charge in [0.1, 0.15) is 5.82 Å². The van der Waals surface area contributed by atoms with E-state index in [-0.39, 0.29) is 13.1 Å². The van der Waals surface area contributed by atoms with E-state index in [9.17, 15) is 19.1 Å². The zero-order valence-corrected chi connectivity index (χ0v) is 13.8. The number of aliphatic hydroxyl groups is 1. The van der Waals surface area contributed by atoms with Crippen molar-refractivity contribution in [2.45, 2.75) is 13.1 Å². The number of carboxylic acids is 1. The number of benzene rings is 2. The molecule has 2 rings (SSSR count). The van der Waals surface area contributed by atoms with Crippen molar-refractivity contribution in [1.29, 1.82) is 0 Å². The predicted molar refractivity (Wildman–Crippen MR) is 90.5 cm³/mol. The summed E-state index contributed by atoms with van der Waals surface area (Å²) in [4.78, 5) is 24.4. The van der Waals surface area contributed by atoms with Gasteiger partial charge in [0.25, 0.3) is 5.91 Å². The second-order valence-corrected chi connectivity index (χ2v) is 5.72. The number of amides is 1. The van der Waals surface area contributed by atoms with Gasteiger partial charge in [-0.05, 0) is 35.4 Å². The fourth-order valence-corrected chi connectivity index (χ4v) is 2.36. The maximum atomic E-state index is 13.0. The van der Waals surface area contributed by atoms with Crippen molar-refractivity contribution in [1.82, 2.24) is 4.90 Å². The van der Waals surface area contributed by atoms with Crippen LogP contribution in [0.15, 0.2) is 60.4 Å². The van der Waals surface area contributed by atoms with E-state index in [0.717, 1.165) is 5.56 Å². The smallest absolute Gasteiger partial charge is 0.371 e. The van der Waals surface area contributed by atoms with Gasteiger partial charge in [-0.15, -0.1) is 0 Å². The van der Waals surface area contributed by atoms with Crippen molar-refractivity contribution in [3.63, 3.8) is 0 Å². The van der Waals surface area contributed by atoms with Gasteiger partial charge in [0.2, 0.25) is 5.76 Å². The normalized spacial score (nSPS) is 11.2. The Bertz CT molecular complexity index is 805. The van der Waals surface area contributed by atoms with Gasteiger partial charge in [-0.3, -0.25) is 4.79 Å². The van der Waals surface area contributed by atoms with Crippen LogP contribution in [-0.4, -0.2) is 27.0 Å². The van der Waals surface area contributed by atoms with E-state index in [1.54, 1.807) is 24.3 Å². The lowest BCUT2D eigenvalue weighted by molar-refractivity contribution is -0.136. The Kier molecular flexibility index (Phi) is 6.14. The number of aliphatic carboxylic acids is 1. The topological polar surface area (TPSA) is 77.8 Å². The zero-order chi connectivity index (χ0) is 18.4. The first-order chi connectivity index (χ1) is 11.8. The maximum absolute atomic E-state index is 13.0. The number of carbonyl (C=O) groups is 2. The number of rotatable bonds is 6. The second-order valence-electron chi connectivity index (χ2n) is 5.29. The molecule has 0 heterocycles. The number of carboxylic acid groups (broad SMARTS) is 1. The molecule has 0 fully saturated rings. The van der Waals surface area contributed by atoms with Gasteiger partial charge in [0, 0.05) is 18.1 Å². The van der Waals surface area contributed by atoms with Gasteiger partial charge >= 0.3 is 5.97 Å². The maximum Gasteiger partial charge on any atom is 0.371 e. The SMILES string of the molecule is O=C(O)C(O)=CC(=O)N(Cc1ccc(F)cc1)Cc1cccc(Cl)c1. The minimum Gasteiger partial charge on any atom is -0.502 e. The Labute approximate surface area is 148 Å². The van der Waals surface area contributed by atoms with Crippen molar-refractivity contribution < 1.29 is 24.2 Å². The van der Waals surface area contributed by atoms with Gasteiger partial charge < -0.3 is 15.1 Å². The highest BCUT2D eigenvalue weighted by atomic mass is 35.5. The minimum absolute atomic E-state index is 0.106. The van der Waals surface area contributed by atoms with Crippen LogP contribution in [-0.2, 0) is 22.7 Å². The lowest BCUT2D eigenvalue weighted by Gasteiger charge is -2.22. The van der Waals surface area contributed by atoms with E-state index in [2.05, 4.69) is 0 Å². The molecule has 0 spiro atoms. The molecule has 7 heteroatoms. The summed E-state index contributed by atoms with van der Waals surface area (Å²) >= 11 is 5.94. The third-order valence-electron chi connectivity index (χ3n) is 3.34. The molecule has 0 aromatic heterocycles. The number of hydrogen-bond acceptors (Lipinski definition) is 3. The lowest BCUT2D eigenvalue weighted by atomic mass is 10.1. The number of halogens is 2. The molecule has 2 aromatic rings. The Morgan fingerprint density at radius 1 is 1.04 bits per heavy atom. The van der Waals surface area contributed by atoms with Gasteiger partial charge in [-0.25, -0.2) is 9.18 Å². The first-order valence-corrected chi connectivity index (χ1v) is 7.64. The van der Waals surface area contributed by atoms with E-state index in [0.29, 0.717) is 16.7 Å². The fourth-order valence-electron chi connectivity index (χ4n) is 2.15. The van der Waals surface area contributed by atoms with E-state index >= 15 is 0 Å². The lowest BCUT2D eigenvalue weighted by Crippen LogP contribution is -2.29. The Balaban J connectivity index is 2.26. The van der Waals surface area contributed by atoms with Crippen LogP contribution in [0.1, 0.15) is 11.1 Å². The zero-order valence-electron chi connectivity index (χ0n) is 13.0. The molecule has 5 nitrogen and oxygen atoms in total. The van der Waals surface area contributed by atoms with E-state index in [4.69, 9.17) is 16.7 Å². The van der Waals surface area contributed by atoms with Crippen LogP contribution in [0.5, 0.6) is 0 Å². The molecule has 0 unspecified atom stereocenters. The van der Waals surface area contributed by atoms with Crippen LogP contribution in [0.25, 0.3) is 0 Å². The van der Waals surface area contributed by atoms with E-state index in [1.165, 1.54) is 29.2 Å². The third kappa shape index (κ3) is 5.61. The summed E-state index contributed by atoms with van der Waals surface area (Å²) in [5.74, 6) is -3.75. The molecule has 0 aliphatic rings. The molecule has 0 radical (unpaired) electrons. The molecule has 0 bridgehead atoms. The van der Waals surface area contributed by atoms with E-state index < -0.39 is 23.5 Å². The molecular weight excluding hydrogens is 349 g/mol. The Morgan fingerprint density at radius 3 is 2.28 bits per heavy atom. The van der Waals surface area contributed by atoms with E-state index in [1.807, 2.05) is 0 Å². The largest absolute Gasteiger partial charge is 0.502 e. The van der Waals surface area contributed by atoms with Gasteiger partial charge in [-0.2, -0.15) is 0 Å². The molecule has 0 aliphatic heterocycles. The van der Waals surface area contributed by atoms with Crippen LogP contribution < -0.4 is 0 Å². The van der Waals surface area contributed by atoms with Crippen molar-refractivity contribution in [2.24, 2.45) is 0 Å². The Morgan fingerprint density at radius 2 is 1.68 bits per heavy atom. The van der Waals surface area contributed by atoms with Crippen molar-refractivity contribution in [3.8, 4) is 0 Å². The highest BCUT2D eigenvalue weighted by Gasteiger charge is 2.16. The highest BCUT2D eigenvalue weighted by molar-refractivity contribution is 6.30. The predicted octanol–water partition coefficient (Wildman–Crippen LogP) is 3.53. The minimum atomic E-state index is -1.60. The average Bonchev–Trinajstić information content (AvgIpc) is 2.56. The molecule has 2 N–H and O–H groups in total. The average molecular weight is 364 g/mol. The molecule has 0 saturated carbocycles. The summed E-state index contributed by atoms with van der Waals surface area (Å²) in [6, 6.07) is 12.4. The van der Waals surface area contributed by atoms with Crippen molar-refractivity contribution in [2.75, 3.05) is 0 Å². The molecule has 1 amide bonds. The number of hydrogen-bond donors (Lipinski definition) is 2. The number of nitrogens with zero attached hydrogens (tertiary/aromatic N) is 1. The Hall–Kier alpha value is -2.86. The summed E-state index contributed by atoms with van der Waals surface area (Å²) in [5.41, 5.74) is 1.38. The second kappa shape index (κ2) is 8.30. The van der Waals surface area contributed by atoms with Crippen LogP contribution in [0.3, 0.4) is 0 Å². The van der Waals surface area contributed by atoms with Gasteiger partial charge in [0.05, 0.1) is 6.08 Å². The van der Waals surface area contributed by atoms with Gasteiger partial charge in [-0.1, -0.05) is 35.9 Å². The third-order valence-corrected chi connectivity index (χ3v) is 3.58. The van der Waals surface area contributed by atoms with Crippen LogP contribution >= 0.6 is 11.6 Å². The number of carbonyl (C=O) groups excluding carboxylic acids is 1. The standard InChI is InChI=1S/C18H15ClFNO4/c19-14-3-1-2-13(8-14)11-21(17(23)9-16(22)18(24)25)10-12-4-6-15(20)7-5-12/h1-9,22H,10-11H2,(H,24,25). The molecule has 130 valence electrons. The van der Waals surface area contributed by atoms with Crippen molar-refractivity contribution >= 4 is 23.5 Å². The fraction of sp³-hybridized carbons (Fsp3) is 0.111. The quantitative estimate of drug-likeness (QED) is 0.608. The number of aliphatic hydroxyl groups excluding tert-OH is 1. The highest BCUT2D eigenvalue weighted by Crippen LogP contribution is 2.16. The summed E-state index contributed by atoms with van der Waals surface area (Å²) in [7, 11) is 0. The molecule has 25 heavy (non-hydrogen) atoms. The van der Waals surface area contributed by atoms with Crippen LogP contribution in [0.4, 0.5) is 4.39 Å². The molecule has 0 atom stereocenters. The molecule has 0 aliphatic carbocycles. The molecular formula is C18H15ClFNO4. The summed E-state index contributed by atoms with van der Waals surface area (Å²) in [6.07, 6.45) is 0.635. The first kappa shape index (κ1) is 18.5. The van der Waals surface area contributed by atoms with Crippen molar-refractivity contribution in [3.05, 3.63) is 82.3 Å². The molecule has 2 aromatic carbocycles.